The van der Waals surface area contributed by atoms with Crippen LogP contribution in [0.3, 0.4) is 0 Å². The molecule has 116 valence electrons. The van der Waals surface area contributed by atoms with E-state index in [2.05, 4.69) is 10.1 Å². The first-order chi connectivity index (χ1) is 10.1. The van der Waals surface area contributed by atoms with E-state index in [0.29, 0.717) is 50.5 Å². The van der Waals surface area contributed by atoms with E-state index < -0.39 is 11.9 Å². The van der Waals surface area contributed by atoms with Crippen LogP contribution in [0.4, 0.5) is 0 Å². The number of nitrogens with zero attached hydrogens (tertiary/aromatic N) is 3. The van der Waals surface area contributed by atoms with E-state index in [-0.39, 0.29) is 5.91 Å². The van der Waals surface area contributed by atoms with Gasteiger partial charge in [0.15, 0.2) is 5.82 Å². The Morgan fingerprint density at radius 3 is 2.95 bits per heavy atom. The highest BCUT2D eigenvalue weighted by Gasteiger charge is 2.27. The average molecular weight is 295 g/mol. The standard InChI is InChI=1S/C14H21N3O4/c1-2-11-15-12(21-16-11)6-3-7-13(18)17-8-4-5-10(9-17)14(19)20/h10H,2-9H2,1H3,(H,19,20). The zero-order chi connectivity index (χ0) is 15.2. The van der Waals surface area contributed by atoms with Crippen molar-refractivity contribution < 1.29 is 19.2 Å². The molecule has 1 saturated heterocycles. The third-order valence-electron chi connectivity index (χ3n) is 3.73. The minimum Gasteiger partial charge on any atom is -0.481 e. The quantitative estimate of drug-likeness (QED) is 0.849. The molecule has 1 aliphatic rings. The molecule has 1 unspecified atom stereocenters. The maximum Gasteiger partial charge on any atom is 0.308 e. The number of carboxylic acids is 1. The summed E-state index contributed by atoms with van der Waals surface area (Å²) in [6.45, 7) is 2.94. The Morgan fingerprint density at radius 1 is 1.48 bits per heavy atom. The Balaban J connectivity index is 1.75. The number of carbonyl (C=O) groups is 2. The van der Waals surface area contributed by atoms with Gasteiger partial charge in [-0.25, -0.2) is 0 Å². The van der Waals surface area contributed by atoms with Crippen LogP contribution in [0, 0.1) is 5.92 Å². The van der Waals surface area contributed by atoms with Crippen LogP contribution in [0.1, 0.15) is 44.3 Å². The maximum absolute atomic E-state index is 12.1. The molecule has 1 amide bonds. The molecule has 7 heteroatoms. The van der Waals surface area contributed by atoms with Crippen molar-refractivity contribution in [1.82, 2.24) is 15.0 Å². The van der Waals surface area contributed by atoms with Gasteiger partial charge in [0.25, 0.3) is 0 Å². The lowest BCUT2D eigenvalue weighted by Crippen LogP contribution is -2.42. The van der Waals surface area contributed by atoms with E-state index in [4.69, 9.17) is 9.63 Å². The number of amides is 1. The Hall–Kier alpha value is -1.92. The lowest BCUT2D eigenvalue weighted by molar-refractivity contribution is -0.145. The monoisotopic (exact) mass is 295 g/mol. The molecule has 0 spiro atoms. The molecule has 1 fully saturated rings. The molecule has 0 aromatic carbocycles. The first-order valence-electron chi connectivity index (χ1n) is 7.42. The van der Waals surface area contributed by atoms with Gasteiger partial charge in [-0.15, -0.1) is 0 Å². The highest BCUT2D eigenvalue weighted by atomic mass is 16.5. The summed E-state index contributed by atoms with van der Waals surface area (Å²) in [4.78, 5) is 28.9. The number of hydrogen-bond acceptors (Lipinski definition) is 5. The van der Waals surface area contributed by atoms with E-state index in [9.17, 15) is 9.59 Å². The van der Waals surface area contributed by atoms with E-state index in [1.165, 1.54) is 0 Å². The molecule has 2 rings (SSSR count). The van der Waals surface area contributed by atoms with Gasteiger partial charge in [0.1, 0.15) is 0 Å². The van der Waals surface area contributed by atoms with Gasteiger partial charge in [0, 0.05) is 32.4 Å². The molecule has 1 N–H and O–H groups in total. The lowest BCUT2D eigenvalue weighted by Gasteiger charge is -2.30. The van der Waals surface area contributed by atoms with Crippen LogP contribution in [0.5, 0.6) is 0 Å². The van der Waals surface area contributed by atoms with Crippen LogP contribution in [-0.2, 0) is 22.4 Å². The third kappa shape index (κ3) is 4.27. The molecule has 1 atom stereocenters. The predicted octanol–water partition coefficient (Wildman–Crippen LogP) is 1.28. The van der Waals surface area contributed by atoms with E-state index in [0.717, 1.165) is 12.8 Å². The summed E-state index contributed by atoms with van der Waals surface area (Å²) >= 11 is 0. The minimum atomic E-state index is -0.814. The zero-order valence-corrected chi connectivity index (χ0v) is 12.2. The van der Waals surface area contributed by atoms with Crippen LogP contribution in [-0.4, -0.2) is 45.1 Å². The molecule has 0 aliphatic carbocycles. The summed E-state index contributed by atoms with van der Waals surface area (Å²) in [5, 5.41) is 12.8. The summed E-state index contributed by atoms with van der Waals surface area (Å²) < 4.78 is 5.07. The van der Waals surface area contributed by atoms with Crippen molar-refractivity contribution >= 4 is 11.9 Å². The molecule has 1 aromatic heterocycles. The first-order valence-corrected chi connectivity index (χ1v) is 7.42. The van der Waals surface area contributed by atoms with Gasteiger partial charge >= 0.3 is 5.97 Å². The van der Waals surface area contributed by atoms with Gasteiger partial charge < -0.3 is 14.5 Å². The van der Waals surface area contributed by atoms with Crippen molar-refractivity contribution in [2.24, 2.45) is 5.92 Å². The van der Waals surface area contributed by atoms with Crippen molar-refractivity contribution in [2.75, 3.05) is 13.1 Å². The van der Waals surface area contributed by atoms with E-state index in [1.54, 1.807) is 4.90 Å². The highest BCUT2D eigenvalue weighted by molar-refractivity contribution is 5.78. The molecule has 1 aromatic rings. The zero-order valence-electron chi connectivity index (χ0n) is 12.2. The molecule has 21 heavy (non-hydrogen) atoms. The van der Waals surface area contributed by atoms with Crippen LogP contribution in [0.25, 0.3) is 0 Å². The summed E-state index contributed by atoms with van der Waals surface area (Å²) in [7, 11) is 0. The van der Waals surface area contributed by atoms with Crippen molar-refractivity contribution in [2.45, 2.75) is 45.4 Å². The van der Waals surface area contributed by atoms with Gasteiger partial charge in [-0.05, 0) is 19.3 Å². The smallest absolute Gasteiger partial charge is 0.308 e. The van der Waals surface area contributed by atoms with Crippen LogP contribution in [0.15, 0.2) is 4.52 Å². The van der Waals surface area contributed by atoms with Crippen molar-refractivity contribution in [3.8, 4) is 0 Å². The van der Waals surface area contributed by atoms with E-state index in [1.807, 2.05) is 6.92 Å². The molecule has 0 saturated carbocycles. The molecule has 0 bridgehead atoms. The Labute approximate surface area is 123 Å². The largest absolute Gasteiger partial charge is 0.481 e. The minimum absolute atomic E-state index is 0.0104. The number of rotatable bonds is 6. The number of hydrogen-bond donors (Lipinski definition) is 1. The Kier molecular flexibility index (Phi) is 5.30. The fourth-order valence-corrected chi connectivity index (χ4v) is 2.49. The summed E-state index contributed by atoms with van der Waals surface area (Å²) in [6, 6.07) is 0. The number of carboxylic acid groups (broad SMARTS) is 1. The molecule has 0 radical (unpaired) electrons. The Morgan fingerprint density at radius 2 is 2.29 bits per heavy atom. The number of aryl methyl sites for hydroxylation is 2. The SMILES string of the molecule is CCc1noc(CCCC(=O)N2CCCC(C(=O)O)C2)n1. The second-order valence-corrected chi connectivity index (χ2v) is 5.33. The van der Waals surface area contributed by atoms with Crippen molar-refractivity contribution in [3.63, 3.8) is 0 Å². The van der Waals surface area contributed by atoms with Crippen molar-refractivity contribution in [1.29, 1.82) is 0 Å². The summed E-state index contributed by atoms with van der Waals surface area (Å²) in [5.74, 6) is 0.00533. The maximum atomic E-state index is 12.1. The fraction of sp³-hybridized carbons (Fsp3) is 0.714. The van der Waals surface area contributed by atoms with E-state index >= 15 is 0 Å². The van der Waals surface area contributed by atoms with Crippen LogP contribution in [0.2, 0.25) is 0 Å². The fourth-order valence-electron chi connectivity index (χ4n) is 2.49. The highest BCUT2D eigenvalue weighted by Crippen LogP contribution is 2.18. The number of carbonyl (C=O) groups excluding carboxylic acids is 1. The van der Waals surface area contributed by atoms with Gasteiger partial charge in [-0.2, -0.15) is 4.98 Å². The normalized spacial score (nSPS) is 18.7. The number of aliphatic carboxylic acids is 1. The molecule has 7 nitrogen and oxygen atoms in total. The Bertz CT molecular complexity index is 500. The number of piperidine rings is 1. The number of aromatic nitrogens is 2. The first kappa shape index (κ1) is 15.5. The summed E-state index contributed by atoms with van der Waals surface area (Å²) in [5.41, 5.74) is 0. The predicted molar refractivity (Wildman–Crippen MR) is 73.6 cm³/mol. The molecular formula is C14H21N3O4. The van der Waals surface area contributed by atoms with Crippen LogP contribution < -0.4 is 0 Å². The topological polar surface area (TPSA) is 96.5 Å². The molecular weight excluding hydrogens is 274 g/mol. The molecule has 1 aliphatic heterocycles. The average Bonchev–Trinajstić information content (AvgIpc) is 2.95. The molecule has 2 heterocycles. The van der Waals surface area contributed by atoms with Gasteiger partial charge in [0.05, 0.1) is 5.92 Å². The number of likely N-dealkylation sites (tertiary alicyclic amines) is 1. The van der Waals surface area contributed by atoms with Gasteiger partial charge in [-0.3, -0.25) is 9.59 Å². The second-order valence-electron chi connectivity index (χ2n) is 5.33. The summed E-state index contributed by atoms with van der Waals surface area (Å²) in [6.07, 6.45) is 3.74. The van der Waals surface area contributed by atoms with Gasteiger partial charge in [-0.1, -0.05) is 12.1 Å². The van der Waals surface area contributed by atoms with Crippen molar-refractivity contribution in [3.05, 3.63) is 11.7 Å². The third-order valence-corrected chi connectivity index (χ3v) is 3.73. The van der Waals surface area contributed by atoms with Crippen LogP contribution >= 0.6 is 0 Å². The second kappa shape index (κ2) is 7.19. The van der Waals surface area contributed by atoms with Gasteiger partial charge in [0.2, 0.25) is 11.8 Å². The lowest BCUT2D eigenvalue weighted by atomic mass is 9.98.